The number of nitrogens with zero attached hydrogens (tertiary/aromatic N) is 2. The van der Waals surface area contributed by atoms with Gasteiger partial charge in [-0.1, -0.05) is 6.07 Å². The van der Waals surface area contributed by atoms with Gasteiger partial charge in [-0.3, -0.25) is 14.6 Å². The number of rotatable bonds is 5. The fourth-order valence-corrected chi connectivity index (χ4v) is 1.87. The van der Waals surface area contributed by atoms with Crippen molar-refractivity contribution in [3.8, 4) is 0 Å². The first-order chi connectivity index (χ1) is 10.1. The van der Waals surface area contributed by atoms with Crippen molar-refractivity contribution >= 4 is 11.8 Å². The largest absolute Gasteiger partial charge is 0.466 e. The zero-order valence-corrected chi connectivity index (χ0v) is 11.6. The lowest BCUT2D eigenvalue weighted by atomic mass is 10.2. The standard InChI is InChI=1S/C14H16N4O3/c1-2-21-12(19)7-10-13(15)17-11(18-14(10)20)6-9-4-3-5-16-8-9/h3-5,8H,2,6-7H2,1H3,(H3,15,17,18,20). The molecular weight excluding hydrogens is 272 g/mol. The van der Waals surface area contributed by atoms with Crippen LogP contribution in [0.15, 0.2) is 29.3 Å². The first-order valence-corrected chi connectivity index (χ1v) is 6.52. The van der Waals surface area contributed by atoms with Crippen LogP contribution in [0.2, 0.25) is 0 Å². The van der Waals surface area contributed by atoms with Crippen LogP contribution >= 0.6 is 0 Å². The maximum absolute atomic E-state index is 12.0. The van der Waals surface area contributed by atoms with Gasteiger partial charge >= 0.3 is 5.97 Å². The van der Waals surface area contributed by atoms with E-state index in [1.54, 1.807) is 25.4 Å². The lowest BCUT2D eigenvalue weighted by molar-refractivity contribution is -0.142. The van der Waals surface area contributed by atoms with Gasteiger partial charge in [-0.15, -0.1) is 0 Å². The molecule has 0 radical (unpaired) electrons. The molecule has 0 amide bonds. The van der Waals surface area contributed by atoms with Crippen LogP contribution in [0.4, 0.5) is 5.82 Å². The van der Waals surface area contributed by atoms with E-state index in [0.717, 1.165) is 5.56 Å². The molecule has 110 valence electrons. The van der Waals surface area contributed by atoms with Crippen molar-refractivity contribution in [1.29, 1.82) is 0 Å². The van der Waals surface area contributed by atoms with Crippen LogP contribution in [0.1, 0.15) is 23.9 Å². The molecule has 3 N–H and O–H groups in total. The molecule has 0 spiro atoms. The van der Waals surface area contributed by atoms with E-state index in [1.165, 1.54) is 0 Å². The Balaban J connectivity index is 2.21. The molecule has 21 heavy (non-hydrogen) atoms. The Morgan fingerprint density at radius 1 is 1.48 bits per heavy atom. The summed E-state index contributed by atoms with van der Waals surface area (Å²) in [7, 11) is 0. The molecule has 0 atom stereocenters. The van der Waals surface area contributed by atoms with E-state index in [1.807, 2.05) is 6.07 Å². The zero-order valence-electron chi connectivity index (χ0n) is 11.6. The van der Waals surface area contributed by atoms with E-state index in [-0.39, 0.29) is 24.4 Å². The Morgan fingerprint density at radius 2 is 2.29 bits per heavy atom. The second kappa shape index (κ2) is 6.65. The average molecular weight is 288 g/mol. The summed E-state index contributed by atoms with van der Waals surface area (Å²) in [5, 5.41) is 0. The van der Waals surface area contributed by atoms with E-state index < -0.39 is 11.5 Å². The number of hydrogen-bond acceptors (Lipinski definition) is 6. The third-order valence-electron chi connectivity index (χ3n) is 2.82. The van der Waals surface area contributed by atoms with E-state index >= 15 is 0 Å². The number of carbonyl (C=O) groups is 1. The van der Waals surface area contributed by atoms with Gasteiger partial charge in [0.1, 0.15) is 11.6 Å². The highest BCUT2D eigenvalue weighted by atomic mass is 16.5. The summed E-state index contributed by atoms with van der Waals surface area (Å²) in [6.45, 7) is 1.95. The van der Waals surface area contributed by atoms with Crippen molar-refractivity contribution in [2.24, 2.45) is 0 Å². The zero-order chi connectivity index (χ0) is 15.2. The fraction of sp³-hybridized carbons (Fsp3) is 0.286. The Bertz CT molecular complexity index is 682. The molecule has 0 fully saturated rings. The molecule has 2 heterocycles. The molecule has 0 unspecified atom stereocenters. The molecule has 7 heteroatoms. The van der Waals surface area contributed by atoms with Gasteiger partial charge < -0.3 is 15.5 Å². The summed E-state index contributed by atoms with van der Waals surface area (Å²) >= 11 is 0. The minimum Gasteiger partial charge on any atom is -0.466 e. The molecule has 2 aromatic heterocycles. The van der Waals surface area contributed by atoms with Gasteiger partial charge in [-0.2, -0.15) is 0 Å². The minimum absolute atomic E-state index is 0.0469. The normalized spacial score (nSPS) is 10.3. The van der Waals surface area contributed by atoms with Crippen LogP contribution in [-0.4, -0.2) is 27.5 Å². The van der Waals surface area contributed by atoms with Crippen molar-refractivity contribution in [1.82, 2.24) is 15.0 Å². The molecule has 0 aliphatic carbocycles. The van der Waals surface area contributed by atoms with Gasteiger partial charge in [0.2, 0.25) is 0 Å². The highest BCUT2D eigenvalue weighted by Crippen LogP contribution is 2.08. The summed E-state index contributed by atoms with van der Waals surface area (Å²) in [6, 6.07) is 3.67. The quantitative estimate of drug-likeness (QED) is 0.772. The number of aromatic nitrogens is 3. The number of anilines is 1. The molecule has 0 bridgehead atoms. The van der Waals surface area contributed by atoms with E-state index in [4.69, 9.17) is 10.5 Å². The van der Waals surface area contributed by atoms with Crippen LogP contribution in [0.5, 0.6) is 0 Å². The SMILES string of the molecule is CCOC(=O)Cc1c(N)nc(Cc2cccnc2)[nH]c1=O. The monoisotopic (exact) mass is 288 g/mol. The van der Waals surface area contributed by atoms with Gasteiger partial charge in [0.15, 0.2) is 0 Å². The fourth-order valence-electron chi connectivity index (χ4n) is 1.87. The van der Waals surface area contributed by atoms with Crippen LogP contribution in [0.25, 0.3) is 0 Å². The number of H-pyrrole nitrogens is 1. The van der Waals surface area contributed by atoms with E-state index in [2.05, 4.69) is 15.0 Å². The van der Waals surface area contributed by atoms with Crippen LogP contribution in [0.3, 0.4) is 0 Å². The summed E-state index contributed by atoms with van der Waals surface area (Å²) in [5.74, 6) is -0.0275. The summed E-state index contributed by atoms with van der Waals surface area (Å²) in [4.78, 5) is 34.2. The second-order valence-corrected chi connectivity index (χ2v) is 4.40. The second-order valence-electron chi connectivity index (χ2n) is 4.40. The lowest BCUT2D eigenvalue weighted by Gasteiger charge is -2.07. The van der Waals surface area contributed by atoms with Crippen LogP contribution in [0, 0.1) is 0 Å². The molecule has 0 aliphatic rings. The number of hydrogen-bond donors (Lipinski definition) is 2. The van der Waals surface area contributed by atoms with Crippen molar-refractivity contribution in [3.05, 3.63) is 51.8 Å². The number of esters is 1. The minimum atomic E-state index is -0.503. The smallest absolute Gasteiger partial charge is 0.310 e. The van der Waals surface area contributed by atoms with Crippen LogP contribution < -0.4 is 11.3 Å². The third-order valence-corrected chi connectivity index (χ3v) is 2.82. The van der Waals surface area contributed by atoms with Gasteiger partial charge in [0, 0.05) is 18.8 Å². The summed E-state index contributed by atoms with van der Waals surface area (Å²) < 4.78 is 4.80. The predicted octanol–water partition coefficient (Wildman–Crippen LogP) is 0.444. The average Bonchev–Trinajstić information content (AvgIpc) is 2.44. The van der Waals surface area contributed by atoms with Crippen molar-refractivity contribution in [2.75, 3.05) is 12.3 Å². The summed E-state index contributed by atoms with van der Waals surface area (Å²) in [5.41, 5.74) is 6.37. The number of nitrogens with one attached hydrogen (secondary N) is 1. The molecule has 7 nitrogen and oxygen atoms in total. The molecule has 0 saturated heterocycles. The first-order valence-electron chi connectivity index (χ1n) is 6.52. The molecule has 0 aliphatic heterocycles. The Hall–Kier alpha value is -2.70. The first kappa shape index (κ1) is 14.7. The highest BCUT2D eigenvalue weighted by molar-refractivity contribution is 5.74. The maximum atomic E-state index is 12.0. The molecule has 2 aromatic rings. The van der Waals surface area contributed by atoms with Gasteiger partial charge in [0.05, 0.1) is 18.6 Å². The van der Waals surface area contributed by atoms with Crippen molar-refractivity contribution in [2.45, 2.75) is 19.8 Å². The molecular formula is C14H16N4O3. The molecule has 0 saturated carbocycles. The van der Waals surface area contributed by atoms with E-state index in [9.17, 15) is 9.59 Å². The highest BCUT2D eigenvalue weighted by Gasteiger charge is 2.14. The van der Waals surface area contributed by atoms with Crippen molar-refractivity contribution in [3.63, 3.8) is 0 Å². The number of aromatic amines is 1. The maximum Gasteiger partial charge on any atom is 0.310 e. The Labute approximate surface area is 121 Å². The number of carbonyl (C=O) groups excluding carboxylic acids is 1. The lowest BCUT2D eigenvalue weighted by Crippen LogP contribution is -2.23. The predicted molar refractivity (Wildman–Crippen MR) is 76.7 cm³/mol. The number of pyridine rings is 1. The number of ether oxygens (including phenoxy) is 1. The van der Waals surface area contributed by atoms with Gasteiger partial charge in [-0.25, -0.2) is 4.98 Å². The Kier molecular flexibility index (Phi) is 4.65. The number of nitrogens with two attached hydrogens (primary N) is 1. The molecule has 0 aromatic carbocycles. The number of nitrogen functional groups attached to an aromatic ring is 1. The van der Waals surface area contributed by atoms with Crippen LogP contribution in [-0.2, 0) is 22.4 Å². The van der Waals surface area contributed by atoms with Crippen molar-refractivity contribution < 1.29 is 9.53 Å². The topological polar surface area (TPSA) is 111 Å². The third kappa shape index (κ3) is 3.88. The Morgan fingerprint density at radius 3 is 2.90 bits per heavy atom. The van der Waals surface area contributed by atoms with E-state index in [0.29, 0.717) is 12.2 Å². The molecule has 2 rings (SSSR count). The van der Waals surface area contributed by atoms with Gasteiger partial charge in [-0.05, 0) is 18.6 Å². The van der Waals surface area contributed by atoms with Gasteiger partial charge in [0.25, 0.3) is 5.56 Å². The summed E-state index contributed by atoms with van der Waals surface area (Å²) in [6.07, 6.45) is 3.57.